The summed E-state index contributed by atoms with van der Waals surface area (Å²) in [6.07, 6.45) is 3.44. The molecule has 1 amide bonds. The van der Waals surface area contributed by atoms with E-state index in [-0.39, 0.29) is 11.9 Å². The minimum Gasteiger partial charge on any atom is -0.497 e. The third-order valence-corrected chi connectivity index (χ3v) is 6.70. The van der Waals surface area contributed by atoms with E-state index >= 15 is 0 Å². The van der Waals surface area contributed by atoms with Crippen molar-refractivity contribution in [2.45, 2.75) is 25.8 Å². The molecule has 3 N–H and O–H groups in total. The molecule has 0 radical (unpaired) electrons. The summed E-state index contributed by atoms with van der Waals surface area (Å²) < 4.78 is 7.18. The largest absolute Gasteiger partial charge is 0.497 e. The normalized spacial score (nSPS) is 14.2. The van der Waals surface area contributed by atoms with E-state index in [1.807, 2.05) is 29.8 Å². The van der Waals surface area contributed by atoms with Crippen LogP contribution in [-0.4, -0.2) is 57.8 Å². The maximum Gasteiger partial charge on any atom is 0.255 e. The number of nitrogens with zero attached hydrogens (tertiary/aromatic N) is 5. The number of nitrogen functional groups attached to an aromatic ring is 1. The summed E-state index contributed by atoms with van der Waals surface area (Å²) in [5.41, 5.74) is 10.4. The number of amides is 1. The number of benzene rings is 2. The van der Waals surface area contributed by atoms with Gasteiger partial charge in [0.25, 0.3) is 5.91 Å². The number of aryl methyl sites for hydroxylation is 1. The van der Waals surface area contributed by atoms with E-state index in [0.717, 1.165) is 37.1 Å². The van der Waals surface area contributed by atoms with Gasteiger partial charge in [0.15, 0.2) is 5.65 Å². The van der Waals surface area contributed by atoms with E-state index in [0.29, 0.717) is 39.5 Å². The Kier molecular flexibility index (Phi) is 6.75. The first kappa shape index (κ1) is 24.3. The average Bonchev–Trinajstić information content (AvgIpc) is 3.29. The van der Waals surface area contributed by atoms with Gasteiger partial charge in [0, 0.05) is 16.8 Å². The van der Waals surface area contributed by atoms with Gasteiger partial charge in [-0.1, -0.05) is 18.1 Å². The zero-order valence-electron chi connectivity index (χ0n) is 21.2. The standard InChI is InChI=1S/C28H29N7O2/c1-18-7-9-21(32-28(36)20-5-4-6-23(16-20)37-3)15-19(18)8-10-24-25-26(29)30-17-31-27(25)35(33-24)22-11-13-34(2)14-12-22/h4-7,9,15-17,22H,11-14H2,1-3H3,(H,32,36)(H2,29,30,31). The first-order valence-electron chi connectivity index (χ1n) is 12.2. The Bertz CT molecular complexity index is 1520. The molecule has 9 heteroatoms. The number of nitrogens with two attached hydrogens (primary N) is 1. The van der Waals surface area contributed by atoms with Crippen LogP contribution in [0.25, 0.3) is 11.0 Å². The maximum atomic E-state index is 12.8. The Morgan fingerprint density at radius 2 is 1.95 bits per heavy atom. The van der Waals surface area contributed by atoms with Gasteiger partial charge in [-0.3, -0.25) is 4.79 Å². The second-order valence-corrected chi connectivity index (χ2v) is 9.25. The summed E-state index contributed by atoms with van der Waals surface area (Å²) in [7, 11) is 3.70. The molecule has 2 aromatic carbocycles. The van der Waals surface area contributed by atoms with Gasteiger partial charge in [0.1, 0.15) is 23.6 Å². The number of aromatic nitrogens is 4. The van der Waals surface area contributed by atoms with Crippen LogP contribution in [0.3, 0.4) is 0 Å². The number of methoxy groups -OCH3 is 1. The predicted octanol–water partition coefficient (Wildman–Crippen LogP) is 3.64. The number of rotatable bonds is 4. The first-order chi connectivity index (χ1) is 17.9. The highest BCUT2D eigenvalue weighted by molar-refractivity contribution is 6.04. The Labute approximate surface area is 215 Å². The van der Waals surface area contributed by atoms with Crippen molar-refractivity contribution in [3.63, 3.8) is 0 Å². The second-order valence-electron chi connectivity index (χ2n) is 9.25. The van der Waals surface area contributed by atoms with Gasteiger partial charge < -0.3 is 20.7 Å². The smallest absolute Gasteiger partial charge is 0.255 e. The molecule has 0 spiro atoms. The number of carbonyl (C=O) groups excluding carboxylic acids is 1. The third kappa shape index (κ3) is 5.10. The van der Waals surface area contributed by atoms with Crippen molar-refractivity contribution in [2.24, 2.45) is 0 Å². The van der Waals surface area contributed by atoms with E-state index in [9.17, 15) is 4.79 Å². The summed E-state index contributed by atoms with van der Waals surface area (Å²) >= 11 is 0. The molecule has 37 heavy (non-hydrogen) atoms. The van der Waals surface area contributed by atoms with Crippen LogP contribution in [-0.2, 0) is 0 Å². The van der Waals surface area contributed by atoms with Crippen LogP contribution < -0.4 is 15.8 Å². The van der Waals surface area contributed by atoms with Crippen molar-refractivity contribution < 1.29 is 9.53 Å². The van der Waals surface area contributed by atoms with Crippen molar-refractivity contribution in [2.75, 3.05) is 38.3 Å². The van der Waals surface area contributed by atoms with Gasteiger partial charge in [0.2, 0.25) is 0 Å². The molecular formula is C28H29N7O2. The van der Waals surface area contributed by atoms with Gasteiger partial charge in [-0.15, -0.1) is 0 Å². The van der Waals surface area contributed by atoms with Crippen molar-refractivity contribution in [3.05, 3.63) is 71.2 Å². The maximum absolute atomic E-state index is 12.8. The molecule has 0 aliphatic carbocycles. The van der Waals surface area contributed by atoms with E-state index in [4.69, 9.17) is 15.6 Å². The van der Waals surface area contributed by atoms with Gasteiger partial charge >= 0.3 is 0 Å². The van der Waals surface area contributed by atoms with Gasteiger partial charge in [0.05, 0.1) is 18.5 Å². The number of anilines is 2. The topological polar surface area (TPSA) is 111 Å². The Morgan fingerprint density at radius 3 is 2.73 bits per heavy atom. The summed E-state index contributed by atoms with van der Waals surface area (Å²) in [5, 5.41) is 8.44. The fraction of sp³-hybridized carbons (Fsp3) is 0.286. The predicted molar refractivity (Wildman–Crippen MR) is 144 cm³/mol. The Balaban J connectivity index is 1.45. The lowest BCUT2D eigenvalue weighted by atomic mass is 10.1. The molecule has 1 aliphatic rings. The Morgan fingerprint density at radius 1 is 1.14 bits per heavy atom. The minimum atomic E-state index is -0.227. The van der Waals surface area contributed by atoms with Crippen molar-refractivity contribution in [3.8, 4) is 17.6 Å². The molecule has 0 atom stereocenters. The first-order valence-corrected chi connectivity index (χ1v) is 12.2. The van der Waals surface area contributed by atoms with Gasteiger partial charge in [-0.25, -0.2) is 14.6 Å². The number of likely N-dealkylation sites (tertiary alicyclic amines) is 1. The lowest BCUT2D eigenvalue weighted by Gasteiger charge is -2.29. The zero-order valence-corrected chi connectivity index (χ0v) is 21.2. The molecule has 0 bridgehead atoms. The van der Waals surface area contributed by atoms with E-state index in [1.54, 1.807) is 31.4 Å². The quantitative estimate of drug-likeness (QED) is 0.416. The van der Waals surface area contributed by atoms with Crippen molar-refractivity contribution in [1.82, 2.24) is 24.6 Å². The monoisotopic (exact) mass is 495 g/mol. The molecular weight excluding hydrogens is 466 g/mol. The summed E-state index contributed by atoms with van der Waals surface area (Å²) in [6.45, 7) is 3.98. The number of nitrogens with one attached hydrogen (secondary N) is 1. The molecule has 188 valence electrons. The molecule has 5 rings (SSSR count). The highest BCUT2D eigenvalue weighted by atomic mass is 16.5. The molecule has 4 aromatic rings. The number of piperidine rings is 1. The van der Waals surface area contributed by atoms with Gasteiger partial charge in [-0.05, 0) is 81.7 Å². The van der Waals surface area contributed by atoms with E-state index in [1.165, 1.54) is 6.33 Å². The molecule has 3 heterocycles. The van der Waals surface area contributed by atoms with Crippen LogP contribution in [0.15, 0.2) is 48.8 Å². The molecule has 9 nitrogen and oxygen atoms in total. The van der Waals surface area contributed by atoms with Crippen molar-refractivity contribution >= 4 is 28.4 Å². The van der Waals surface area contributed by atoms with Crippen LogP contribution in [0.1, 0.15) is 46.1 Å². The highest BCUT2D eigenvalue weighted by Gasteiger charge is 2.24. The van der Waals surface area contributed by atoms with Gasteiger partial charge in [-0.2, -0.15) is 5.10 Å². The number of hydrogen-bond acceptors (Lipinski definition) is 7. The number of carbonyl (C=O) groups is 1. The molecule has 0 saturated carbocycles. The fourth-order valence-electron chi connectivity index (χ4n) is 4.51. The molecule has 2 aromatic heterocycles. The Hall–Kier alpha value is -4.42. The second kappa shape index (κ2) is 10.3. The van der Waals surface area contributed by atoms with Crippen LogP contribution >= 0.6 is 0 Å². The van der Waals surface area contributed by atoms with Crippen LogP contribution in [0.2, 0.25) is 0 Å². The van der Waals surface area contributed by atoms with Crippen LogP contribution in [0, 0.1) is 18.8 Å². The lowest BCUT2D eigenvalue weighted by Crippen LogP contribution is -2.32. The highest BCUT2D eigenvalue weighted by Crippen LogP contribution is 2.28. The van der Waals surface area contributed by atoms with Crippen LogP contribution in [0.4, 0.5) is 11.5 Å². The van der Waals surface area contributed by atoms with E-state index < -0.39 is 0 Å². The molecule has 0 unspecified atom stereocenters. The van der Waals surface area contributed by atoms with Crippen LogP contribution in [0.5, 0.6) is 5.75 Å². The SMILES string of the molecule is COc1cccc(C(=O)Nc2ccc(C)c(C#Cc3nn(C4CCN(C)CC4)c4ncnc(N)c34)c2)c1. The average molecular weight is 496 g/mol. The minimum absolute atomic E-state index is 0.227. The third-order valence-electron chi connectivity index (χ3n) is 6.70. The summed E-state index contributed by atoms with van der Waals surface area (Å²) in [5.74, 6) is 7.19. The molecule has 1 fully saturated rings. The number of hydrogen-bond donors (Lipinski definition) is 2. The fourth-order valence-corrected chi connectivity index (χ4v) is 4.51. The number of ether oxygens (including phenoxy) is 1. The number of fused-ring (bicyclic) bond motifs is 1. The lowest BCUT2D eigenvalue weighted by molar-refractivity contribution is 0.102. The summed E-state index contributed by atoms with van der Waals surface area (Å²) in [4.78, 5) is 23.8. The molecule has 1 saturated heterocycles. The van der Waals surface area contributed by atoms with E-state index in [2.05, 4.69) is 39.1 Å². The summed E-state index contributed by atoms with van der Waals surface area (Å²) in [6, 6.07) is 12.9. The zero-order chi connectivity index (χ0) is 25.9. The van der Waals surface area contributed by atoms with Crippen molar-refractivity contribution in [1.29, 1.82) is 0 Å². The molecule has 1 aliphatic heterocycles.